The van der Waals surface area contributed by atoms with Gasteiger partial charge in [0.2, 0.25) is 0 Å². The first-order valence-electron chi connectivity index (χ1n) is 4.90. The van der Waals surface area contributed by atoms with E-state index in [0.29, 0.717) is 5.54 Å². The Bertz CT molecular complexity index is 145. The summed E-state index contributed by atoms with van der Waals surface area (Å²) in [7, 11) is 0. The first kappa shape index (κ1) is 8.85. The van der Waals surface area contributed by atoms with Crippen LogP contribution in [0, 0.1) is 0 Å². The molecule has 2 nitrogen and oxygen atoms in total. The van der Waals surface area contributed by atoms with Gasteiger partial charge in [-0.05, 0) is 19.3 Å². The Hall–Kier alpha value is 0.270. The van der Waals surface area contributed by atoms with Crippen LogP contribution in [-0.2, 0) is 0 Å². The van der Waals surface area contributed by atoms with Crippen LogP contribution in [0.4, 0.5) is 0 Å². The zero-order valence-corrected chi connectivity index (χ0v) is 8.41. The monoisotopic (exact) mass is 186 g/mol. The number of nitrogens with two attached hydrogens (primary N) is 1. The zero-order chi connectivity index (χ0) is 8.44. The minimum atomic E-state index is 0.432. The van der Waals surface area contributed by atoms with E-state index in [0.717, 1.165) is 6.54 Å². The lowest BCUT2D eigenvalue weighted by Gasteiger charge is -2.51. The summed E-state index contributed by atoms with van der Waals surface area (Å²) in [6, 6.07) is 0. The van der Waals surface area contributed by atoms with Crippen LogP contribution in [0.2, 0.25) is 0 Å². The minimum absolute atomic E-state index is 0.432. The first-order valence-corrected chi connectivity index (χ1v) is 6.06. The SMILES string of the molecule is NCC1(N2CCSCC2)CCC1. The van der Waals surface area contributed by atoms with Crippen molar-refractivity contribution in [2.45, 2.75) is 24.8 Å². The highest BCUT2D eigenvalue weighted by molar-refractivity contribution is 7.99. The fourth-order valence-corrected chi connectivity index (χ4v) is 3.18. The standard InChI is InChI=1S/C9H18N2S/c10-8-9(2-1-3-9)11-4-6-12-7-5-11/h1-8,10H2. The lowest BCUT2D eigenvalue weighted by Crippen LogP contribution is -2.60. The van der Waals surface area contributed by atoms with Gasteiger partial charge >= 0.3 is 0 Å². The van der Waals surface area contributed by atoms with Gasteiger partial charge in [0.1, 0.15) is 0 Å². The molecule has 0 aromatic heterocycles. The van der Waals surface area contributed by atoms with Gasteiger partial charge in [-0.2, -0.15) is 11.8 Å². The Morgan fingerprint density at radius 1 is 1.25 bits per heavy atom. The largest absolute Gasteiger partial charge is 0.329 e. The summed E-state index contributed by atoms with van der Waals surface area (Å²) in [5.41, 5.74) is 6.28. The van der Waals surface area contributed by atoms with Crippen molar-refractivity contribution in [1.29, 1.82) is 0 Å². The highest BCUT2D eigenvalue weighted by Gasteiger charge is 2.41. The van der Waals surface area contributed by atoms with Crippen LogP contribution < -0.4 is 5.73 Å². The molecule has 0 amide bonds. The van der Waals surface area contributed by atoms with Crippen LogP contribution in [0.1, 0.15) is 19.3 Å². The molecule has 1 saturated heterocycles. The highest BCUT2D eigenvalue weighted by Crippen LogP contribution is 2.37. The summed E-state index contributed by atoms with van der Waals surface area (Å²) in [5.74, 6) is 2.61. The molecule has 1 aliphatic heterocycles. The van der Waals surface area contributed by atoms with E-state index in [2.05, 4.69) is 16.7 Å². The zero-order valence-electron chi connectivity index (χ0n) is 7.59. The molecule has 2 N–H and O–H groups in total. The first-order chi connectivity index (χ1) is 5.87. The molecule has 0 aromatic rings. The summed E-state index contributed by atoms with van der Waals surface area (Å²) >= 11 is 2.08. The average molecular weight is 186 g/mol. The van der Waals surface area contributed by atoms with Crippen molar-refractivity contribution in [2.24, 2.45) is 5.73 Å². The predicted molar refractivity (Wildman–Crippen MR) is 54.5 cm³/mol. The normalized spacial score (nSPS) is 29.8. The molecule has 0 spiro atoms. The van der Waals surface area contributed by atoms with E-state index in [1.54, 1.807) is 0 Å². The molecule has 0 unspecified atom stereocenters. The predicted octanol–water partition coefficient (Wildman–Crippen LogP) is 0.917. The minimum Gasteiger partial charge on any atom is -0.329 e. The Balaban J connectivity index is 1.95. The maximum atomic E-state index is 5.85. The molecule has 3 heteroatoms. The molecule has 2 fully saturated rings. The second kappa shape index (κ2) is 3.56. The van der Waals surface area contributed by atoms with Crippen molar-refractivity contribution in [3.8, 4) is 0 Å². The number of rotatable bonds is 2. The smallest absolute Gasteiger partial charge is 0.0332 e. The lowest BCUT2D eigenvalue weighted by molar-refractivity contribution is 0.0320. The third-order valence-corrected chi connectivity index (χ3v) is 4.29. The third kappa shape index (κ3) is 1.38. The molecular weight excluding hydrogens is 168 g/mol. The van der Waals surface area contributed by atoms with Crippen molar-refractivity contribution < 1.29 is 0 Å². The van der Waals surface area contributed by atoms with Crippen LogP contribution in [-0.4, -0.2) is 41.6 Å². The fraction of sp³-hybridized carbons (Fsp3) is 1.00. The van der Waals surface area contributed by atoms with Gasteiger partial charge in [0, 0.05) is 36.7 Å². The van der Waals surface area contributed by atoms with Gasteiger partial charge in [-0.25, -0.2) is 0 Å². The van der Waals surface area contributed by atoms with Gasteiger partial charge in [0.15, 0.2) is 0 Å². The Morgan fingerprint density at radius 3 is 2.33 bits per heavy atom. The van der Waals surface area contributed by atoms with Crippen molar-refractivity contribution in [3.05, 3.63) is 0 Å². The van der Waals surface area contributed by atoms with E-state index in [-0.39, 0.29) is 0 Å². The van der Waals surface area contributed by atoms with E-state index in [1.807, 2.05) is 0 Å². The number of hydrogen-bond acceptors (Lipinski definition) is 3. The van der Waals surface area contributed by atoms with Gasteiger partial charge in [0.05, 0.1) is 0 Å². The molecule has 1 heterocycles. The fourth-order valence-electron chi connectivity index (χ4n) is 2.27. The van der Waals surface area contributed by atoms with Crippen molar-refractivity contribution in [1.82, 2.24) is 4.90 Å². The summed E-state index contributed by atoms with van der Waals surface area (Å²) in [6.07, 6.45) is 4.07. The van der Waals surface area contributed by atoms with Crippen LogP contribution in [0.15, 0.2) is 0 Å². The molecule has 0 radical (unpaired) electrons. The molecule has 2 aliphatic rings. The molecule has 70 valence electrons. The Morgan fingerprint density at radius 2 is 1.92 bits per heavy atom. The quantitative estimate of drug-likeness (QED) is 0.695. The van der Waals surface area contributed by atoms with E-state index in [9.17, 15) is 0 Å². The van der Waals surface area contributed by atoms with Gasteiger partial charge in [-0.1, -0.05) is 0 Å². The molecule has 0 atom stereocenters. The summed E-state index contributed by atoms with van der Waals surface area (Å²) < 4.78 is 0. The Kier molecular flexibility index (Phi) is 2.63. The molecule has 12 heavy (non-hydrogen) atoms. The molecule has 0 aromatic carbocycles. The maximum Gasteiger partial charge on any atom is 0.0332 e. The van der Waals surface area contributed by atoms with Crippen LogP contribution in [0.3, 0.4) is 0 Å². The van der Waals surface area contributed by atoms with Gasteiger partial charge in [-0.3, -0.25) is 4.90 Å². The second-order valence-corrected chi connectivity index (χ2v) is 5.11. The van der Waals surface area contributed by atoms with E-state index >= 15 is 0 Å². The average Bonchev–Trinajstić information content (AvgIpc) is 2.05. The van der Waals surface area contributed by atoms with Crippen LogP contribution >= 0.6 is 11.8 Å². The summed E-state index contributed by atoms with van der Waals surface area (Å²) in [5, 5.41) is 0. The molecule has 1 aliphatic carbocycles. The third-order valence-electron chi connectivity index (χ3n) is 3.35. The van der Waals surface area contributed by atoms with E-state index in [1.165, 1.54) is 43.9 Å². The molecular formula is C9H18N2S. The molecule has 0 bridgehead atoms. The number of hydrogen-bond donors (Lipinski definition) is 1. The van der Waals surface area contributed by atoms with Crippen molar-refractivity contribution in [3.63, 3.8) is 0 Å². The highest BCUT2D eigenvalue weighted by atomic mass is 32.2. The topological polar surface area (TPSA) is 29.3 Å². The molecule has 2 rings (SSSR count). The van der Waals surface area contributed by atoms with Crippen molar-refractivity contribution in [2.75, 3.05) is 31.1 Å². The van der Waals surface area contributed by atoms with E-state index < -0.39 is 0 Å². The van der Waals surface area contributed by atoms with Crippen LogP contribution in [0.5, 0.6) is 0 Å². The van der Waals surface area contributed by atoms with Crippen molar-refractivity contribution >= 4 is 11.8 Å². The lowest BCUT2D eigenvalue weighted by atomic mass is 9.75. The number of nitrogens with zero attached hydrogens (tertiary/aromatic N) is 1. The van der Waals surface area contributed by atoms with E-state index in [4.69, 9.17) is 5.73 Å². The van der Waals surface area contributed by atoms with Gasteiger partial charge in [-0.15, -0.1) is 0 Å². The molecule has 1 saturated carbocycles. The summed E-state index contributed by atoms with van der Waals surface area (Å²) in [4.78, 5) is 2.63. The van der Waals surface area contributed by atoms with Gasteiger partial charge in [0.25, 0.3) is 0 Å². The van der Waals surface area contributed by atoms with Gasteiger partial charge < -0.3 is 5.73 Å². The second-order valence-electron chi connectivity index (χ2n) is 3.88. The summed E-state index contributed by atoms with van der Waals surface area (Å²) in [6.45, 7) is 3.40. The van der Waals surface area contributed by atoms with Crippen LogP contribution in [0.25, 0.3) is 0 Å². The maximum absolute atomic E-state index is 5.85. The Labute approximate surface area is 78.9 Å². The number of thioether (sulfide) groups is 1.